The number of nitrogens with zero attached hydrogens (tertiary/aromatic N) is 3. The Bertz CT molecular complexity index is 602. The molecular formula is C13H16ClN3O. The van der Waals surface area contributed by atoms with Gasteiger partial charge in [-0.15, -0.1) is 11.6 Å². The van der Waals surface area contributed by atoms with E-state index in [9.17, 15) is 0 Å². The van der Waals surface area contributed by atoms with Crippen molar-refractivity contribution in [2.45, 2.75) is 37.6 Å². The van der Waals surface area contributed by atoms with E-state index in [-0.39, 0.29) is 10.9 Å². The lowest BCUT2D eigenvalue weighted by atomic mass is 10.3. The molecule has 5 heteroatoms. The minimum atomic E-state index is -0.123. The lowest BCUT2D eigenvalue weighted by Crippen LogP contribution is -2.16. The molecule has 0 bridgehead atoms. The summed E-state index contributed by atoms with van der Waals surface area (Å²) < 4.78 is 7.38. The average molecular weight is 266 g/mol. The topological polar surface area (TPSA) is 39.9 Å². The van der Waals surface area contributed by atoms with Crippen LogP contribution in [0.3, 0.4) is 0 Å². The highest BCUT2D eigenvalue weighted by Crippen LogP contribution is 2.46. The van der Waals surface area contributed by atoms with Gasteiger partial charge in [-0.2, -0.15) is 4.98 Å². The van der Waals surface area contributed by atoms with Crippen molar-refractivity contribution in [2.75, 3.05) is 7.11 Å². The second-order valence-electron chi connectivity index (χ2n) is 5.11. The highest BCUT2D eigenvalue weighted by molar-refractivity contribution is 6.20. The Morgan fingerprint density at radius 3 is 2.67 bits per heavy atom. The molecule has 0 spiro atoms. The Balaban J connectivity index is 2.29. The molecule has 3 rings (SSSR count). The van der Waals surface area contributed by atoms with E-state index in [1.165, 1.54) is 0 Å². The van der Waals surface area contributed by atoms with Gasteiger partial charge in [0.15, 0.2) is 5.65 Å². The summed E-state index contributed by atoms with van der Waals surface area (Å²) in [7, 11) is 1.62. The predicted octanol–water partition coefficient (Wildman–Crippen LogP) is 3.25. The molecule has 96 valence electrons. The van der Waals surface area contributed by atoms with Gasteiger partial charge in [-0.3, -0.25) is 0 Å². The second-order valence-corrected chi connectivity index (χ2v) is 5.77. The fourth-order valence-corrected chi connectivity index (χ4v) is 2.42. The second kappa shape index (κ2) is 3.85. The summed E-state index contributed by atoms with van der Waals surface area (Å²) in [5.74, 6) is 1.51. The van der Waals surface area contributed by atoms with Crippen molar-refractivity contribution in [1.82, 2.24) is 14.5 Å². The lowest BCUT2D eigenvalue weighted by molar-refractivity contribution is 0.398. The van der Waals surface area contributed by atoms with Crippen LogP contribution in [0.4, 0.5) is 0 Å². The molecule has 1 atom stereocenters. The molecule has 2 heterocycles. The van der Waals surface area contributed by atoms with Crippen LogP contribution in [0.25, 0.3) is 11.2 Å². The third-order valence-electron chi connectivity index (χ3n) is 3.58. The molecule has 1 fully saturated rings. The molecule has 0 aromatic carbocycles. The number of hydrogen-bond acceptors (Lipinski definition) is 3. The van der Waals surface area contributed by atoms with E-state index >= 15 is 0 Å². The summed E-state index contributed by atoms with van der Waals surface area (Å²) in [6.45, 7) is 4.17. The smallest absolute Gasteiger partial charge is 0.215 e. The van der Waals surface area contributed by atoms with E-state index in [2.05, 4.69) is 21.5 Å². The molecule has 0 aliphatic heterocycles. The Hall–Kier alpha value is -1.29. The Labute approximate surface area is 111 Å². The van der Waals surface area contributed by atoms with Gasteiger partial charge in [0.05, 0.1) is 12.5 Å². The largest absolute Gasteiger partial charge is 0.481 e. The third-order valence-corrected chi connectivity index (χ3v) is 3.78. The van der Waals surface area contributed by atoms with Gasteiger partial charge < -0.3 is 9.30 Å². The maximum Gasteiger partial charge on any atom is 0.215 e. The molecule has 1 unspecified atom stereocenters. The van der Waals surface area contributed by atoms with E-state index in [1.807, 2.05) is 19.1 Å². The van der Waals surface area contributed by atoms with Crippen LogP contribution in [0.5, 0.6) is 5.88 Å². The molecule has 1 aliphatic rings. The Kier molecular flexibility index (Phi) is 2.52. The van der Waals surface area contributed by atoms with Gasteiger partial charge in [-0.25, -0.2) is 4.98 Å². The van der Waals surface area contributed by atoms with Gasteiger partial charge in [0.1, 0.15) is 11.3 Å². The van der Waals surface area contributed by atoms with Crippen LogP contribution in [-0.2, 0) is 5.54 Å². The van der Waals surface area contributed by atoms with Crippen LogP contribution in [0, 0.1) is 0 Å². The average Bonchev–Trinajstić information content (AvgIpc) is 2.96. The maximum absolute atomic E-state index is 6.24. The van der Waals surface area contributed by atoms with Gasteiger partial charge in [-0.05, 0) is 32.8 Å². The van der Waals surface area contributed by atoms with Crippen molar-refractivity contribution in [3.05, 3.63) is 18.0 Å². The van der Waals surface area contributed by atoms with Crippen molar-refractivity contribution in [1.29, 1.82) is 0 Å². The first-order valence-corrected chi connectivity index (χ1v) is 6.57. The lowest BCUT2D eigenvalue weighted by Gasteiger charge is -2.16. The molecule has 4 nitrogen and oxygen atoms in total. The first kappa shape index (κ1) is 11.8. The van der Waals surface area contributed by atoms with Gasteiger partial charge in [0, 0.05) is 11.6 Å². The van der Waals surface area contributed by atoms with E-state index in [1.54, 1.807) is 7.11 Å². The van der Waals surface area contributed by atoms with Crippen molar-refractivity contribution in [2.24, 2.45) is 0 Å². The van der Waals surface area contributed by atoms with Crippen molar-refractivity contribution >= 4 is 22.8 Å². The number of halogens is 1. The van der Waals surface area contributed by atoms with Crippen molar-refractivity contribution < 1.29 is 4.74 Å². The van der Waals surface area contributed by atoms with Gasteiger partial charge in [-0.1, -0.05) is 0 Å². The van der Waals surface area contributed by atoms with Crippen molar-refractivity contribution in [3.63, 3.8) is 0 Å². The number of rotatable bonds is 3. The summed E-state index contributed by atoms with van der Waals surface area (Å²) in [5, 5.41) is -0.123. The number of hydrogen-bond donors (Lipinski definition) is 0. The summed E-state index contributed by atoms with van der Waals surface area (Å²) in [5.41, 5.74) is 1.87. The molecule has 2 aromatic rings. The van der Waals surface area contributed by atoms with E-state index < -0.39 is 0 Å². The highest BCUT2D eigenvalue weighted by atomic mass is 35.5. The quantitative estimate of drug-likeness (QED) is 0.800. The molecule has 0 saturated heterocycles. The normalized spacial score (nSPS) is 18.9. The minimum absolute atomic E-state index is 0.118. The van der Waals surface area contributed by atoms with Crippen LogP contribution < -0.4 is 4.74 Å². The fourth-order valence-electron chi connectivity index (χ4n) is 2.27. The zero-order chi connectivity index (χ0) is 12.9. The van der Waals surface area contributed by atoms with Crippen LogP contribution in [0.15, 0.2) is 12.1 Å². The molecule has 1 saturated carbocycles. The van der Waals surface area contributed by atoms with Gasteiger partial charge in [0.2, 0.25) is 5.88 Å². The molecular weight excluding hydrogens is 250 g/mol. The summed E-state index contributed by atoms with van der Waals surface area (Å²) in [4.78, 5) is 9.13. The summed E-state index contributed by atoms with van der Waals surface area (Å²) >= 11 is 6.24. The monoisotopic (exact) mass is 265 g/mol. The number of pyridine rings is 1. The highest BCUT2D eigenvalue weighted by Gasteiger charge is 2.43. The standard InChI is InChI=1S/C13H16ClN3O/c1-8(14)11-15-9-4-5-10(18-3)16-12(9)17(11)13(2)6-7-13/h4-5,8H,6-7H2,1-3H3. The van der Waals surface area contributed by atoms with E-state index in [4.69, 9.17) is 16.3 Å². The van der Waals surface area contributed by atoms with Crippen LogP contribution in [-0.4, -0.2) is 21.6 Å². The Morgan fingerprint density at radius 1 is 1.39 bits per heavy atom. The zero-order valence-electron chi connectivity index (χ0n) is 10.8. The van der Waals surface area contributed by atoms with Gasteiger partial charge in [0.25, 0.3) is 0 Å². The molecule has 0 N–H and O–H groups in total. The summed E-state index contributed by atoms with van der Waals surface area (Å²) in [6, 6.07) is 3.77. The molecule has 0 amide bonds. The Morgan fingerprint density at radius 2 is 2.11 bits per heavy atom. The first-order valence-electron chi connectivity index (χ1n) is 6.13. The van der Waals surface area contributed by atoms with Crippen LogP contribution in [0.2, 0.25) is 0 Å². The zero-order valence-corrected chi connectivity index (χ0v) is 11.5. The molecule has 0 radical (unpaired) electrons. The number of fused-ring (bicyclic) bond motifs is 1. The number of alkyl halides is 1. The van der Waals surface area contributed by atoms with Crippen LogP contribution >= 0.6 is 11.6 Å². The maximum atomic E-state index is 6.24. The predicted molar refractivity (Wildman–Crippen MR) is 71.2 cm³/mol. The van der Waals surface area contributed by atoms with Crippen molar-refractivity contribution in [3.8, 4) is 5.88 Å². The van der Waals surface area contributed by atoms with E-state index in [0.717, 1.165) is 29.8 Å². The number of ether oxygens (including phenoxy) is 1. The molecule has 18 heavy (non-hydrogen) atoms. The van der Waals surface area contributed by atoms with Gasteiger partial charge >= 0.3 is 0 Å². The molecule has 2 aromatic heterocycles. The summed E-state index contributed by atoms with van der Waals surface area (Å²) in [6.07, 6.45) is 2.29. The number of imidazole rings is 1. The third kappa shape index (κ3) is 1.67. The first-order chi connectivity index (χ1) is 8.55. The number of aromatic nitrogens is 3. The molecule has 1 aliphatic carbocycles. The SMILES string of the molecule is COc1ccc2nc(C(C)Cl)n(C3(C)CC3)c2n1. The number of methoxy groups -OCH3 is 1. The van der Waals surface area contributed by atoms with Crippen LogP contribution in [0.1, 0.15) is 37.9 Å². The fraction of sp³-hybridized carbons (Fsp3) is 0.538. The van der Waals surface area contributed by atoms with E-state index in [0.29, 0.717) is 5.88 Å². The minimum Gasteiger partial charge on any atom is -0.481 e.